The molecule has 1 heterocycles. The molecular weight excluding hydrogens is 184 g/mol. The molecule has 0 radical (unpaired) electrons. The lowest BCUT2D eigenvalue weighted by molar-refractivity contribution is -0.127. The molecule has 0 spiro atoms. The smallest absolute Gasteiger partial charge is 0.327 e. The molecule has 1 aliphatic heterocycles. The van der Waals surface area contributed by atoms with E-state index >= 15 is 0 Å². The van der Waals surface area contributed by atoms with Gasteiger partial charge in [-0.15, -0.1) is 0 Å². The zero-order valence-corrected chi connectivity index (χ0v) is 8.73. The molecule has 1 fully saturated rings. The van der Waals surface area contributed by atoms with Gasteiger partial charge in [-0.2, -0.15) is 0 Å². The van der Waals surface area contributed by atoms with Gasteiger partial charge in [0.05, 0.1) is 6.10 Å². The van der Waals surface area contributed by atoms with E-state index in [2.05, 4.69) is 0 Å². The van der Waals surface area contributed by atoms with Crippen molar-refractivity contribution >= 4 is 11.9 Å². The van der Waals surface area contributed by atoms with Crippen LogP contribution in [0.3, 0.4) is 0 Å². The molecule has 0 saturated carbocycles. The summed E-state index contributed by atoms with van der Waals surface area (Å²) in [4.78, 5) is 25.7. The van der Waals surface area contributed by atoms with E-state index in [-0.39, 0.29) is 18.5 Å². The molecule has 5 nitrogen and oxygen atoms in total. The van der Waals surface area contributed by atoms with Crippen molar-refractivity contribution in [2.24, 2.45) is 0 Å². The molecule has 2 atom stereocenters. The number of rotatable bonds is 3. The minimum atomic E-state index is -0.606. The molecule has 0 bridgehead atoms. The highest BCUT2D eigenvalue weighted by molar-refractivity contribution is 6.03. The van der Waals surface area contributed by atoms with Crippen LogP contribution < -0.4 is 0 Å². The largest absolute Gasteiger partial charge is 0.392 e. The van der Waals surface area contributed by atoms with E-state index in [0.29, 0.717) is 6.54 Å². The molecule has 1 rings (SSSR count). The van der Waals surface area contributed by atoms with Gasteiger partial charge in [-0.3, -0.25) is 9.69 Å². The van der Waals surface area contributed by atoms with Crippen molar-refractivity contribution in [2.75, 3.05) is 13.1 Å². The maximum atomic E-state index is 11.6. The third kappa shape index (κ3) is 1.72. The van der Waals surface area contributed by atoms with Gasteiger partial charge in [-0.1, -0.05) is 0 Å². The molecule has 0 aromatic rings. The Morgan fingerprint density at radius 2 is 2.07 bits per heavy atom. The molecule has 3 amide bonds. The summed E-state index contributed by atoms with van der Waals surface area (Å²) in [6, 6.07) is -0.747. The number of aliphatic hydroxyl groups is 1. The summed E-state index contributed by atoms with van der Waals surface area (Å²) in [6.45, 7) is 5.63. The van der Waals surface area contributed by atoms with E-state index in [1.54, 1.807) is 20.8 Å². The van der Waals surface area contributed by atoms with Crippen molar-refractivity contribution in [1.82, 2.24) is 9.80 Å². The van der Waals surface area contributed by atoms with Crippen LogP contribution in [0, 0.1) is 0 Å². The second-order valence-corrected chi connectivity index (χ2v) is 3.54. The van der Waals surface area contributed by atoms with Crippen molar-refractivity contribution in [2.45, 2.75) is 32.9 Å². The Hall–Kier alpha value is -1.10. The highest BCUT2D eigenvalue weighted by Crippen LogP contribution is 2.16. The quantitative estimate of drug-likeness (QED) is 0.654. The standard InChI is InChI=1S/C9H16N2O3/c1-4-10-8(13)7(3)11(9(10)14)5-6(2)12/h6-7,12H,4-5H2,1-3H3. The fourth-order valence-corrected chi connectivity index (χ4v) is 1.59. The van der Waals surface area contributed by atoms with Gasteiger partial charge in [-0.05, 0) is 20.8 Å². The monoisotopic (exact) mass is 200 g/mol. The topological polar surface area (TPSA) is 60.9 Å². The van der Waals surface area contributed by atoms with Crippen LogP contribution in [0.5, 0.6) is 0 Å². The first-order valence-corrected chi connectivity index (χ1v) is 4.79. The molecular formula is C9H16N2O3. The van der Waals surface area contributed by atoms with Crippen LogP contribution >= 0.6 is 0 Å². The average molecular weight is 200 g/mol. The fourth-order valence-electron chi connectivity index (χ4n) is 1.59. The Balaban J connectivity index is 2.78. The Morgan fingerprint density at radius 1 is 1.50 bits per heavy atom. The van der Waals surface area contributed by atoms with Gasteiger partial charge in [0.15, 0.2) is 0 Å². The first kappa shape index (κ1) is 11.0. The second-order valence-electron chi connectivity index (χ2n) is 3.54. The lowest BCUT2D eigenvalue weighted by atomic mass is 10.3. The fraction of sp³-hybridized carbons (Fsp3) is 0.778. The van der Waals surface area contributed by atoms with Gasteiger partial charge in [0.2, 0.25) is 0 Å². The third-order valence-corrected chi connectivity index (χ3v) is 2.34. The number of imide groups is 1. The summed E-state index contributed by atoms with van der Waals surface area (Å²) in [6.07, 6.45) is -0.606. The molecule has 1 saturated heterocycles. The molecule has 1 N–H and O–H groups in total. The SMILES string of the molecule is CCN1C(=O)C(C)N(CC(C)O)C1=O. The van der Waals surface area contributed by atoms with E-state index in [0.717, 1.165) is 0 Å². The number of amides is 3. The molecule has 80 valence electrons. The number of likely N-dealkylation sites (N-methyl/N-ethyl adjacent to an activating group) is 1. The molecule has 0 aromatic heterocycles. The van der Waals surface area contributed by atoms with Gasteiger partial charge in [0.25, 0.3) is 5.91 Å². The summed E-state index contributed by atoms with van der Waals surface area (Å²) >= 11 is 0. The Bertz CT molecular complexity index is 252. The highest BCUT2D eigenvalue weighted by atomic mass is 16.3. The number of carbonyl (C=O) groups excluding carboxylic acids is 2. The van der Waals surface area contributed by atoms with Crippen LogP contribution in [0.1, 0.15) is 20.8 Å². The maximum absolute atomic E-state index is 11.6. The Kier molecular flexibility index (Phi) is 3.10. The third-order valence-electron chi connectivity index (χ3n) is 2.34. The van der Waals surface area contributed by atoms with Crippen molar-refractivity contribution in [1.29, 1.82) is 0 Å². The molecule has 14 heavy (non-hydrogen) atoms. The summed E-state index contributed by atoms with van der Waals surface area (Å²) in [5, 5.41) is 9.17. The lowest BCUT2D eigenvalue weighted by Crippen LogP contribution is -2.38. The van der Waals surface area contributed by atoms with Crippen LogP contribution in [0.2, 0.25) is 0 Å². The predicted octanol–water partition coefficient (Wildman–Crippen LogP) is 0.0398. The van der Waals surface area contributed by atoms with Crippen LogP contribution in [0.25, 0.3) is 0 Å². The molecule has 1 aliphatic rings. The first-order chi connectivity index (χ1) is 6.49. The van der Waals surface area contributed by atoms with E-state index in [9.17, 15) is 9.59 Å². The summed E-state index contributed by atoms with van der Waals surface area (Å²) in [7, 11) is 0. The zero-order chi connectivity index (χ0) is 10.9. The van der Waals surface area contributed by atoms with Gasteiger partial charge in [0, 0.05) is 13.1 Å². The van der Waals surface area contributed by atoms with E-state index < -0.39 is 12.1 Å². The van der Waals surface area contributed by atoms with Crippen molar-refractivity contribution in [3.8, 4) is 0 Å². The summed E-state index contributed by atoms with van der Waals surface area (Å²) in [5.74, 6) is -0.182. The number of hydrogen-bond donors (Lipinski definition) is 1. The first-order valence-electron chi connectivity index (χ1n) is 4.79. The van der Waals surface area contributed by atoms with Gasteiger partial charge < -0.3 is 10.0 Å². The van der Waals surface area contributed by atoms with Gasteiger partial charge in [0.1, 0.15) is 6.04 Å². The van der Waals surface area contributed by atoms with Crippen LogP contribution in [-0.2, 0) is 4.79 Å². The Morgan fingerprint density at radius 3 is 2.43 bits per heavy atom. The lowest BCUT2D eigenvalue weighted by Gasteiger charge is -2.20. The van der Waals surface area contributed by atoms with Crippen molar-refractivity contribution < 1.29 is 14.7 Å². The number of nitrogens with zero attached hydrogens (tertiary/aromatic N) is 2. The zero-order valence-electron chi connectivity index (χ0n) is 8.73. The van der Waals surface area contributed by atoms with Crippen LogP contribution in [0.15, 0.2) is 0 Å². The minimum absolute atomic E-state index is 0.182. The van der Waals surface area contributed by atoms with Crippen molar-refractivity contribution in [3.63, 3.8) is 0 Å². The Labute approximate surface area is 83.3 Å². The van der Waals surface area contributed by atoms with E-state index in [4.69, 9.17) is 5.11 Å². The second kappa shape index (κ2) is 3.96. The van der Waals surface area contributed by atoms with Crippen LogP contribution in [0.4, 0.5) is 4.79 Å². The normalized spacial score (nSPS) is 24.7. The summed E-state index contributed by atoms with van der Waals surface area (Å²) < 4.78 is 0. The number of β-amino-alcohol motifs (C(OH)–C–C–N with tert-alkyl or cyclic N) is 1. The van der Waals surface area contributed by atoms with Gasteiger partial charge in [-0.25, -0.2) is 4.79 Å². The highest BCUT2D eigenvalue weighted by Gasteiger charge is 2.41. The van der Waals surface area contributed by atoms with Gasteiger partial charge >= 0.3 is 6.03 Å². The van der Waals surface area contributed by atoms with E-state index in [1.807, 2.05) is 0 Å². The maximum Gasteiger partial charge on any atom is 0.327 e. The van der Waals surface area contributed by atoms with Crippen molar-refractivity contribution in [3.05, 3.63) is 0 Å². The van der Waals surface area contributed by atoms with E-state index in [1.165, 1.54) is 9.80 Å². The molecule has 2 unspecified atom stereocenters. The summed E-state index contributed by atoms with van der Waals surface area (Å²) in [5.41, 5.74) is 0. The number of aliphatic hydroxyl groups excluding tert-OH is 1. The molecule has 0 aromatic carbocycles. The minimum Gasteiger partial charge on any atom is -0.392 e. The average Bonchev–Trinajstić information content (AvgIpc) is 2.30. The molecule has 0 aliphatic carbocycles. The number of hydrogen-bond acceptors (Lipinski definition) is 3. The number of urea groups is 1. The predicted molar refractivity (Wildman–Crippen MR) is 50.6 cm³/mol. The number of carbonyl (C=O) groups is 2. The van der Waals surface area contributed by atoms with Crippen LogP contribution in [-0.4, -0.2) is 52.1 Å². The molecule has 5 heteroatoms.